The number of hydrogen-bond acceptors (Lipinski definition) is 6. The van der Waals surface area contributed by atoms with Crippen LogP contribution in [0.25, 0.3) is 44.3 Å². The number of sulfonamides is 2. The Kier molecular flexibility index (Phi) is 9.24. The van der Waals surface area contributed by atoms with Gasteiger partial charge in [-0.15, -0.1) is 0 Å². The van der Waals surface area contributed by atoms with E-state index in [0.717, 1.165) is 56.5 Å². The van der Waals surface area contributed by atoms with Gasteiger partial charge in [0.15, 0.2) is 0 Å². The standard InChI is InChI=1S/2C19H14FN3O2S/c2*20-14-7-4-8-16(11-14)26(24,25)23-15-9-10-18-17(12-15)19(22-21-18)13-5-2-1-3-6-13/h2*1-12,23H,(H,21,22). The number of aromatic nitrogens is 4. The van der Waals surface area contributed by atoms with Crippen LogP contribution in [-0.4, -0.2) is 37.2 Å². The Morgan fingerprint density at radius 1 is 0.462 bits per heavy atom. The molecule has 260 valence electrons. The van der Waals surface area contributed by atoms with E-state index in [-0.39, 0.29) is 9.79 Å². The molecule has 2 heterocycles. The molecule has 0 unspecified atom stereocenters. The van der Waals surface area contributed by atoms with Crippen molar-refractivity contribution >= 4 is 53.2 Å². The van der Waals surface area contributed by atoms with E-state index in [1.807, 2.05) is 60.7 Å². The normalized spacial score (nSPS) is 11.6. The van der Waals surface area contributed by atoms with E-state index in [0.29, 0.717) is 11.4 Å². The Morgan fingerprint density at radius 3 is 1.25 bits per heavy atom. The van der Waals surface area contributed by atoms with Gasteiger partial charge >= 0.3 is 0 Å². The van der Waals surface area contributed by atoms with E-state index in [1.165, 1.54) is 36.4 Å². The monoisotopic (exact) mass is 734 g/mol. The average Bonchev–Trinajstić information content (AvgIpc) is 3.76. The summed E-state index contributed by atoms with van der Waals surface area (Å²) in [7, 11) is -7.77. The van der Waals surface area contributed by atoms with Gasteiger partial charge in [-0.1, -0.05) is 72.8 Å². The maximum atomic E-state index is 13.3. The molecular formula is C38H28F2N6O4S2. The second kappa shape index (κ2) is 14.1. The molecule has 0 bridgehead atoms. The molecule has 0 spiro atoms. The minimum atomic E-state index is -3.89. The number of benzene rings is 6. The highest BCUT2D eigenvalue weighted by molar-refractivity contribution is 7.93. The topological polar surface area (TPSA) is 150 Å². The number of rotatable bonds is 8. The van der Waals surface area contributed by atoms with Crippen molar-refractivity contribution < 1.29 is 25.6 Å². The first kappa shape index (κ1) is 34.1. The lowest BCUT2D eigenvalue weighted by Crippen LogP contribution is -2.13. The fourth-order valence-corrected chi connectivity index (χ4v) is 7.64. The average molecular weight is 735 g/mol. The van der Waals surface area contributed by atoms with E-state index < -0.39 is 31.7 Å². The van der Waals surface area contributed by atoms with Gasteiger partial charge in [-0.2, -0.15) is 10.2 Å². The fourth-order valence-electron chi connectivity index (χ4n) is 5.48. The van der Waals surface area contributed by atoms with Gasteiger partial charge in [-0.05, 0) is 72.8 Å². The van der Waals surface area contributed by atoms with E-state index in [4.69, 9.17) is 0 Å². The number of fused-ring (bicyclic) bond motifs is 2. The van der Waals surface area contributed by atoms with Gasteiger partial charge in [0.1, 0.15) is 11.6 Å². The highest BCUT2D eigenvalue weighted by Gasteiger charge is 2.18. The summed E-state index contributed by atoms with van der Waals surface area (Å²) in [6.07, 6.45) is 0. The Morgan fingerprint density at radius 2 is 0.865 bits per heavy atom. The lowest BCUT2D eigenvalue weighted by Gasteiger charge is -2.08. The molecule has 8 rings (SSSR count). The van der Waals surface area contributed by atoms with Crippen molar-refractivity contribution in [3.8, 4) is 22.5 Å². The van der Waals surface area contributed by atoms with Crippen LogP contribution in [-0.2, 0) is 20.0 Å². The van der Waals surface area contributed by atoms with Crippen LogP contribution >= 0.6 is 0 Å². The zero-order valence-corrected chi connectivity index (χ0v) is 28.6. The van der Waals surface area contributed by atoms with Crippen LogP contribution in [0.5, 0.6) is 0 Å². The number of nitrogens with zero attached hydrogens (tertiary/aromatic N) is 2. The van der Waals surface area contributed by atoms with Crippen molar-refractivity contribution in [3.63, 3.8) is 0 Å². The van der Waals surface area contributed by atoms with Gasteiger partial charge in [0.2, 0.25) is 0 Å². The van der Waals surface area contributed by atoms with Gasteiger partial charge in [-0.25, -0.2) is 25.6 Å². The summed E-state index contributed by atoms with van der Waals surface area (Å²) >= 11 is 0. The molecule has 0 fully saturated rings. The SMILES string of the molecule is O=S(=O)(Nc1ccc2[nH]nc(-c3ccccc3)c2c1)c1cccc(F)c1.O=S(=O)(Nc1ccc2[nH]nc(-c3ccccc3)c2c1)c1cccc(F)c1. The first-order valence-electron chi connectivity index (χ1n) is 15.7. The Hall–Kier alpha value is -6.38. The number of H-pyrrole nitrogens is 2. The van der Waals surface area contributed by atoms with Crippen LogP contribution < -0.4 is 9.44 Å². The molecule has 0 saturated carbocycles. The summed E-state index contributed by atoms with van der Waals surface area (Å²) in [5, 5.41) is 16.1. The van der Waals surface area contributed by atoms with Crippen LogP contribution in [0.1, 0.15) is 0 Å². The van der Waals surface area contributed by atoms with Crippen molar-refractivity contribution in [2.75, 3.05) is 9.44 Å². The molecule has 0 amide bonds. The van der Waals surface area contributed by atoms with E-state index >= 15 is 0 Å². The first-order valence-corrected chi connectivity index (χ1v) is 18.7. The highest BCUT2D eigenvalue weighted by atomic mass is 32.2. The molecule has 0 aliphatic carbocycles. The van der Waals surface area contributed by atoms with Crippen LogP contribution in [0.3, 0.4) is 0 Å². The van der Waals surface area contributed by atoms with E-state index in [1.54, 1.807) is 36.4 Å². The van der Waals surface area contributed by atoms with Crippen LogP contribution in [0, 0.1) is 11.6 Å². The minimum absolute atomic E-state index is 0.131. The van der Waals surface area contributed by atoms with Gasteiger partial charge in [0.05, 0.1) is 32.2 Å². The lowest BCUT2D eigenvalue weighted by atomic mass is 10.1. The maximum Gasteiger partial charge on any atom is 0.261 e. The molecule has 0 saturated heterocycles. The maximum absolute atomic E-state index is 13.3. The summed E-state index contributed by atoms with van der Waals surface area (Å²) < 4.78 is 81.6. The number of aromatic amines is 2. The summed E-state index contributed by atoms with van der Waals surface area (Å²) in [6.45, 7) is 0. The summed E-state index contributed by atoms with van der Waals surface area (Å²) in [5.74, 6) is -1.21. The molecule has 6 aromatic carbocycles. The molecule has 0 aliphatic rings. The van der Waals surface area contributed by atoms with Gasteiger partial charge in [0.25, 0.3) is 20.0 Å². The minimum Gasteiger partial charge on any atom is -0.280 e. The lowest BCUT2D eigenvalue weighted by molar-refractivity contribution is 0.594. The zero-order chi connectivity index (χ0) is 36.3. The third-order valence-corrected chi connectivity index (χ3v) is 10.7. The third-order valence-electron chi connectivity index (χ3n) is 7.94. The Labute approximate surface area is 297 Å². The van der Waals surface area contributed by atoms with Crippen molar-refractivity contribution in [3.05, 3.63) is 157 Å². The van der Waals surface area contributed by atoms with Gasteiger partial charge in [0, 0.05) is 33.3 Å². The van der Waals surface area contributed by atoms with Crippen LogP contribution in [0.2, 0.25) is 0 Å². The number of halogens is 2. The number of hydrogen-bond donors (Lipinski definition) is 4. The van der Waals surface area contributed by atoms with Gasteiger partial charge < -0.3 is 0 Å². The molecule has 14 heteroatoms. The van der Waals surface area contributed by atoms with Crippen LogP contribution in [0.15, 0.2) is 155 Å². The molecule has 4 N–H and O–H groups in total. The smallest absolute Gasteiger partial charge is 0.261 e. The first-order chi connectivity index (χ1) is 25.1. The van der Waals surface area contributed by atoms with Gasteiger partial charge in [-0.3, -0.25) is 19.6 Å². The molecule has 10 nitrogen and oxygen atoms in total. The molecule has 2 aromatic heterocycles. The predicted molar refractivity (Wildman–Crippen MR) is 197 cm³/mol. The molecule has 0 radical (unpaired) electrons. The van der Waals surface area contributed by atoms with E-state index in [9.17, 15) is 25.6 Å². The van der Waals surface area contributed by atoms with Crippen molar-refractivity contribution in [2.45, 2.75) is 9.79 Å². The number of anilines is 2. The number of nitrogens with one attached hydrogen (secondary N) is 4. The second-order valence-electron chi connectivity index (χ2n) is 11.5. The predicted octanol–water partition coefficient (Wildman–Crippen LogP) is 8.34. The zero-order valence-electron chi connectivity index (χ0n) is 27.0. The Bertz CT molecular complexity index is 2570. The summed E-state index contributed by atoms with van der Waals surface area (Å²) in [6, 6.07) is 39.1. The largest absolute Gasteiger partial charge is 0.280 e. The van der Waals surface area contributed by atoms with Crippen LogP contribution in [0.4, 0.5) is 20.2 Å². The second-order valence-corrected chi connectivity index (χ2v) is 14.9. The quantitative estimate of drug-likeness (QED) is 0.123. The van der Waals surface area contributed by atoms with Crippen molar-refractivity contribution in [1.29, 1.82) is 0 Å². The molecule has 52 heavy (non-hydrogen) atoms. The molecular weight excluding hydrogens is 707 g/mol. The summed E-state index contributed by atoms with van der Waals surface area (Å²) in [5.41, 5.74) is 5.63. The highest BCUT2D eigenvalue weighted by Crippen LogP contribution is 2.31. The third kappa shape index (κ3) is 7.38. The fraction of sp³-hybridized carbons (Fsp3) is 0. The molecule has 0 aliphatic heterocycles. The van der Waals surface area contributed by atoms with Crippen molar-refractivity contribution in [1.82, 2.24) is 20.4 Å². The molecule has 0 atom stereocenters. The van der Waals surface area contributed by atoms with Crippen molar-refractivity contribution in [2.24, 2.45) is 0 Å². The van der Waals surface area contributed by atoms with E-state index in [2.05, 4.69) is 29.8 Å². The Balaban J connectivity index is 0.000000162. The molecule has 8 aromatic rings. The summed E-state index contributed by atoms with van der Waals surface area (Å²) in [4.78, 5) is -0.263.